The van der Waals surface area contributed by atoms with E-state index in [1.54, 1.807) is 6.92 Å². The predicted molar refractivity (Wildman–Crippen MR) is 113 cm³/mol. The summed E-state index contributed by atoms with van der Waals surface area (Å²) in [5.74, 6) is 1.58. The third kappa shape index (κ3) is 3.54. The van der Waals surface area contributed by atoms with E-state index in [4.69, 9.17) is 4.74 Å². The zero-order valence-electron chi connectivity index (χ0n) is 17.4. The lowest BCUT2D eigenvalue weighted by atomic mass is 9.92. The summed E-state index contributed by atoms with van der Waals surface area (Å²) in [5.41, 5.74) is 4.38. The number of ether oxygens (including phenoxy) is 1. The Balaban J connectivity index is 1.55. The van der Waals surface area contributed by atoms with E-state index in [0.717, 1.165) is 54.9 Å². The first-order valence-corrected chi connectivity index (χ1v) is 11.0. The Kier molecular flexibility index (Phi) is 4.82. The highest BCUT2D eigenvalue weighted by Crippen LogP contribution is 2.44. The van der Waals surface area contributed by atoms with Gasteiger partial charge in [0.05, 0.1) is 24.5 Å². The maximum Gasteiger partial charge on any atom is 0.224 e. The van der Waals surface area contributed by atoms with Crippen molar-refractivity contribution in [1.29, 1.82) is 0 Å². The average Bonchev–Trinajstić information content (AvgIpc) is 3.22. The molecule has 1 aromatic heterocycles. The fourth-order valence-electron chi connectivity index (χ4n) is 4.75. The van der Waals surface area contributed by atoms with Crippen molar-refractivity contribution < 1.29 is 9.53 Å². The Morgan fingerprint density at radius 3 is 2.86 bits per heavy atom. The number of carbonyl (C=O) groups is 1. The fraction of sp³-hybridized carbons (Fsp3) is 0.565. The van der Waals surface area contributed by atoms with Crippen molar-refractivity contribution in [3.8, 4) is 16.9 Å². The standard InChI is InChI=1S/C23H30N4O2/c1-15-3-6-21-22(27(15)16(2)28)8-7-20(18-12-25-26(13-18)19-4-5-19)23(21)29-14-17-9-10-24-11-17/h7-8,12-13,15,17,19,24H,3-6,9-11,14H2,1-2H3/t15-,17+/m0/s1. The Labute approximate surface area is 172 Å². The molecule has 6 nitrogen and oxygen atoms in total. The summed E-state index contributed by atoms with van der Waals surface area (Å²) in [7, 11) is 0. The van der Waals surface area contributed by atoms with Crippen molar-refractivity contribution in [2.24, 2.45) is 5.92 Å². The number of nitrogens with zero attached hydrogens (tertiary/aromatic N) is 3. The molecule has 0 unspecified atom stereocenters. The van der Waals surface area contributed by atoms with E-state index >= 15 is 0 Å². The fourth-order valence-corrected chi connectivity index (χ4v) is 4.75. The van der Waals surface area contributed by atoms with Gasteiger partial charge in [0.2, 0.25) is 5.91 Å². The van der Waals surface area contributed by atoms with Crippen molar-refractivity contribution in [2.45, 2.75) is 58.0 Å². The number of rotatable bonds is 5. The number of aromatic nitrogens is 2. The first kappa shape index (κ1) is 18.7. The van der Waals surface area contributed by atoms with Crippen molar-refractivity contribution in [3.63, 3.8) is 0 Å². The number of hydrogen-bond donors (Lipinski definition) is 1. The first-order valence-electron chi connectivity index (χ1n) is 11.0. The van der Waals surface area contributed by atoms with Gasteiger partial charge in [0.1, 0.15) is 5.75 Å². The quantitative estimate of drug-likeness (QED) is 0.842. The molecular formula is C23H30N4O2. The molecule has 154 valence electrons. The molecule has 1 aromatic carbocycles. The zero-order valence-corrected chi connectivity index (χ0v) is 17.4. The van der Waals surface area contributed by atoms with Crippen LogP contribution in [0.3, 0.4) is 0 Å². The van der Waals surface area contributed by atoms with E-state index in [-0.39, 0.29) is 11.9 Å². The highest BCUT2D eigenvalue weighted by Gasteiger charge is 2.31. The number of anilines is 1. The molecule has 1 aliphatic carbocycles. The van der Waals surface area contributed by atoms with Crippen LogP contribution in [0.1, 0.15) is 51.1 Å². The van der Waals surface area contributed by atoms with Gasteiger partial charge in [0.25, 0.3) is 0 Å². The molecule has 0 bridgehead atoms. The molecule has 0 radical (unpaired) electrons. The molecule has 2 atom stereocenters. The average molecular weight is 395 g/mol. The number of fused-ring (bicyclic) bond motifs is 1. The van der Waals surface area contributed by atoms with Crippen LogP contribution in [0.5, 0.6) is 5.75 Å². The summed E-state index contributed by atoms with van der Waals surface area (Å²) < 4.78 is 8.59. The van der Waals surface area contributed by atoms with E-state index in [2.05, 4.69) is 40.4 Å². The van der Waals surface area contributed by atoms with Gasteiger partial charge in [-0.2, -0.15) is 5.10 Å². The molecule has 1 saturated carbocycles. The lowest BCUT2D eigenvalue weighted by Gasteiger charge is -2.36. The summed E-state index contributed by atoms with van der Waals surface area (Å²) in [4.78, 5) is 14.3. The summed E-state index contributed by atoms with van der Waals surface area (Å²) in [6.07, 6.45) is 9.59. The first-order chi connectivity index (χ1) is 14.1. The SMILES string of the molecule is CC(=O)N1c2ccc(-c3cnn(C4CC4)c3)c(OC[C@@H]3CCNC3)c2CC[C@@H]1C. The Morgan fingerprint density at radius 2 is 2.14 bits per heavy atom. The molecule has 6 heteroatoms. The molecule has 1 N–H and O–H groups in total. The predicted octanol–water partition coefficient (Wildman–Crippen LogP) is 3.56. The number of benzene rings is 1. The van der Waals surface area contributed by atoms with Crippen LogP contribution in [0.15, 0.2) is 24.5 Å². The van der Waals surface area contributed by atoms with Gasteiger partial charge >= 0.3 is 0 Å². The molecule has 1 amide bonds. The van der Waals surface area contributed by atoms with Crippen LogP contribution in [-0.4, -0.2) is 41.4 Å². The van der Waals surface area contributed by atoms with Gasteiger partial charge in [-0.3, -0.25) is 9.48 Å². The van der Waals surface area contributed by atoms with E-state index in [1.807, 2.05) is 11.1 Å². The molecule has 3 heterocycles. The van der Waals surface area contributed by atoms with E-state index in [9.17, 15) is 4.79 Å². The van der Waals surface area contributed by atoms with Crippen molar-refractivity contribution in [2.75, 3.05) is 24.6 Å². The maximum atomic E-state index is 12.4. The van der Waals surface area contributed by atoms with Crippen molar-refractivity contribution in [3.05, 3.63) is 30.1 Å². The van der Waals surface area contributed by atoms with Gasteiger partial charge in [-0.15, -0.1) is 0 Å². The highest BCUT2D eigenvalue weighted by molar-refractivity contribution is 5.95. The van der Waals surface area contributed by atoms with Gasteiger partial charge in [0, 0.05) is 48.3 Å². The van der Waals surface area contributed by atoms with Gasteiger partial charge < -0.3 is 15.0 Å². The van der Waals surface area contributed by atoms with Crippen LogP contribution in [-0.2, 0) is 11.2 Å². The minimum atomic E-state index is 0.0960. The molecule has 0 spiro atoms. The third-order valence-electron chi connectivity index (χ3n) is 6.55. The Morgan fingerprint density at radius 1 is 1.28 bits per heavy atom. The lowest BCUT2D eigenvalue weighted by Crippen LogP contribution is -2.40. The monoisotopic (exact) mass is 394 g/mol. The second kappa shape index (κ2) is 7.48. The second-order valence-corrected chi connectivity index (χ2v) is 8.83. The third-order valence-corrected chi connectivity index (χ3v) is 6.55. The van der Waals surface area contributed by atoms with Gasteiger partial charge in [-0.05, 0) is 57.7 Å². The number of hydrogen-bond acceptors (Lipinski definition) is 4. The van der Waals surface area contributed by atoms with Crippen LogP contribution in [0.25, 0.3) is 11.1 Å². The minimum Gasteiger partial charge on any atom is -0.492 e. The topological polar surface area (TPSA) is 59.4 Å². The van der Waals surface area contributed by atoms with E-state index in [0.29, 0.717) is 18.6 Å². The molecule has 2 aliphatic heterocycles. The number of carbonyl (C=O) groups excluding carboxylic acids is 1. The highest BCUT2D eigenvalue weighted by atomic mass is 16.5. The molecule has 3 aliphatic rings. The van der Waals surface area contributed by atoms with Crippen LogP contribution in [0.4, 0.5) is 5.69 Å². The molecule has 5 rings (SSSR count). The van der Waals surface area contributed by atoms with E-state index in [1.165, 1.54) is 18.4 Å². The number of nitrogens with one attached hydrogen (secondary N) is 1. The normalized spacial score (nSPS) is 23.9. The summed E-state index contributed by atoms with van der Waals surface area (Å²) in [5, 5.41) is 8.01. The van der Waals surface area contributed by atoms with Crippen molar-refractivity contribution >= 4 is 11.6 Å². The molecule has 1 saturated heterocycles. The smallest absolute Gasteiger partial charge is 0.224 e. The van der Waals surface area contributed by atoms with Crippen LogP contribution >= 0.6 is 0 Å². The lowest BCUT2D eigenvalue weighted by molar-refractivity contribution is -0.117. The van der Waals surface area contributed by atoms with Gasteiger partial charge in [0.15, 0.2) is 0 Å². The summed E-state index contributed by atoms with van der Waals surface area (Å²) >= 11 is 0. The molecule has 2 aromatic rings. The van der Waals surface area contributed by atoms with Crippen LogP contribution in [0, 0.1) is 5.92 Å². The molecule has 2 fully saturated rings. The maximum absolute atomic E-state index is 12.4. The number of amides is 1. The van der Waals surface area contributed by atoms with Gasteiger partial charge in [-0.1, -0.05) is 0 Å². The van der Waals surface area contributed by atoms with Gasteiger partial charge in [-0.25, -0.2) is 0 Å². The summed E-state index contributed by atoms with van der Waals surface area (Å²) in [6, 6.07) is 4.99. The zero-order chi connectivity index (χ0) is 20.0. The molecular weight excluding hydrogens is 364 g/mol. The van der Waals surface area contributed by atoms with Crippen LogP contribution < -0.4 is 15.0 Å². The summed E-state index contributed by atoms with van der Waals surface area (Å²) in [6.45, 7) is 6.58. The van der Waals surface area contributed by atoms with E-state index < -0.39 is 0 Å². The Bertz CT molecular complexity index is 912. The second-order valence-electron chi connectivity index (χ2n) is 8.83. The van der Waals surface area contributed by atoms with Crippen molar-refractivity contribution in [1.82, 2.24) is 15.1 Å². The minimum absolute atomic E-state index is 0.0960. The Hall–Kier alpha value is -2.34. The molecule has 29 heavy (non-hydrogen) atoms. The largest absolute Gasteiger partial charge is 0.492 e. The van der Waals surface area contributed by atoms with Crippen LogP contribution in [0.2, 0.25) is 0 Å².